The molecule has 174 valence electrons. The quantitative estimate of drug-likeness (QED) is 0.385. The van der Waals surface area contributed by atoms with E-state index in [2.05, 4.69) is 20.9 Å². The molecule has 3 aromatic rings. The molecule has 3 saturated heterocycles. The Kier molecular flexibility index (Phi) is 7.36. The number of carbonyl (C=O) groups excluding carboxylic acids is 2. The number of rotatable bonds is 4. The summed E-state index contributed by atoms with van der Waals surface area (Å²) in [5.74, 6) is 0.566. The Morgan fingerprint density at radius 1 is 1.00 bits per heavy atom. The van der Waals surface area contributed by atoms with E-state index in [1.54, 1.807) is 18.2 Å². The van der Waals surface area contributed by atoms with E-state index >= 15 is 0 Å². The third kappa shape index (κ3) is 5.39. The Morgan fingerprint density at radius 3 is 2.48 bits per heavy atom. The molecule has 1 atom stereocenters. The monoisotopic (exact) mass is 524 g/mol. The summed E-state index contributed by atoms with van der Waals surface area (Å²) in [6.45, 7) is 3.24. The number of piperidine rings is 3. The van der Waals surface area contributed by atoms with Gasteiger partial charge in [0.2, 0.25) is 0 Å². The molecule has 3 aliphatic heterocycles. The summed E-state index contributed by atoms with van der Waals surface area (Å²) in [5.41, 5.74) is 1.10. The predicted octanol–water partition coefficient (Wildman–Crippen LogP) is 6.10. The van der Waals surface area contributed by atoms with Crippen LogP contribution in [0.2, 0.25) is 10.0 Å². The van der Waals surface area contributed by atoms with Crippen molar-refractivity contribution in [2.24, 2.45) is 5.92 Å². The molecule has 6 nitrogen and oxygen atoms in total. The fourth-order valence-corrected chi connectivity index (χ4v) is 5.93. The first-order chi connectivity index (χ1) is 15.4. The number of amides is 3. The Morgan fingerprint density at radius 2 is 1.79 bits per heavy atom. The van der Waals surface area contributed by atoms with Crippen LogP contribution in [0.4, 0.5) is 16.2 Å². The molecule has 33 heavy (non-hydrogen) atoms. The van der Waals surface area contributed by atoms with Crippen molar-refractivity contribution >= 4 is 80.3 Å². The maximum absolute atomic E-state index is 12.9. The summed E-state index contributed by atoms with van der Waals surface area (Å²) in [6.07, 6.45) is 2.32. The minimum Gasteiger partial charge on any atom is -0.347 e. The van der Waals surface area contributed by atoms with Crippen molar-refractivity contribution in [1.82, 2.24) is 10.2 Å². The maximum atomic E-state index is 12.9. The Labute approximate surface area is 212 Å². The topological polar surface area (TPSA) is 73.5 Å². The molecule has 4 heterocycles. The van der Waals surface area contributed by atoms with Crippen LogP contribution in [0.25, 0.3) is 10.1 Å². The molecule has 0 radical (unpaired) electrons. The van der Waals surface area contributed by atoms with Crippen LogP contribution in [0.15, 0.2) is 42.5 Å². The molecule has 3 aliphatic rings. The smallest absolute Gasteiger partial charge is 0.323 e. The van der Waals surface area contributed by atoms with Crippen LogP contribution < -0.4 is 16.0 Å². The van der Waals surface area contributed by atoms with Gasteiger partial charge in [-0.2, -0.15) is 0 Å². The van der Waals surface area contributed by atoms with Gasteiger partial charge in [0.1, 0.15) is 0 Å². The fourth-order valence-electron chi connectivity index (χ4n) is 4.46. The number of thiophene rings is 1. The number of halogens is 3. The number of benzene rings is 2. The van der Waals surface area contributed by atoms with Gasteiger partial charge in [0, 0.05) is 28.0 Å². The van der Waals surface area contributed by atoms with Gasteiger partial charge in [0.25, 0.3) is 5.91 Å². The normalized spacial score (nSPS) is 21.3. The number of nitrogens with one attached hydrogen (secondary N) is 3. The second-order valence-electron chi connectivity index (χ2n) is 8.28. The van der Waals surface area contributed by atoms with E-state index in [0.717, 1.165) is 42.6 Å². The van der Waals surface area contributed by atoms with Crippen LogP contribution in [0.3, 0.4) is 0 Å². The van der Waals surface area contributed by atoms with Gasteiger partial charge in [-0.25, -0.2) is 4.79 Å². The zero-order chi connectivity index (χ0) is 22.2. The summed E-state index contributed by atoms with van der Waals surface area (Å²) < 4.78 is 0.936. The maximum Gasteiger partial charge on any atom is 0.323 e. The molecule has 10 heteroatoms. The molecule has 3 amide bonds. The van der Waals surface area contributed by atoms with E-state index in [9.17, 15) is 9.59 Å². The summed E-state index contributed by atoms with van der Waals surface area (Å²) in [7, 11) is 0. The van der Waals surface area contributed by atoms with Crippen LogP contribution in [0, 0.1) is 5.92 Å². The third-order valence-corrected chi connectivity index (χ3v) is 7.80. The SMILES string of the molecule is Cl.O=C(Nc1ccc2cc(C(=O)N[C@H]3CN4CCC3CC4)sc2c1)Nc1ccc(Cl)cc1Cl. The summed E-state index contributed by atoms with van der Waals surface area (Å²) in [4.78, 5) is 28.3. The van der Waals surface area contributed by atoms with E-state index in [1.807, 2.05) is 24.3 Å². The van der Waals surface area contributed by atoms with Crippen LogP contribution in [0.5, 0.6) is 0 Å². The lowest BCUT2D eigenvalue weighted by Gasteiger charge is -2.44. The minimum absolute atomic E-state index is 0. The number of fused-ring (bicyclic) bond motifs is 4. The first-order valence-electron chi connectivity index (χ1n) is 10.5. The first kappa shape index (κ1) is 24.1. The molecule has 0 saturated carbocycles. The molecule has 0 aliphatic carbocycles. The molecule has 3 fully saturated rings. The van der Waals surface area contributed by atoms with Crippen LogP contribution in [0.1, 0.15) is 22.5 Å². The Bertz CT molecular complexity index is 1190. The summed E-state index contributed by atoms with van der Waals surface area (Å²) in [6, 6.07) is 12.2. The van der Waals surface area contributed by atoms with E-state index in [1.165, 1.54) is 11.3 Å². The zero-order valence-corrected chi connectivity index (χ0v) is 20.7. The van der Waals surface area contributed by atoms with Gasteiger partial charge in [-0.15, -0.1) is 23.7 Å². The molecule has 0 unspecified atom stereocenters. The molecular weight excluding hydrogens is 503 g/mol. The number of anilines is 2. The number of urea groups is 1. The average Bonchev–Trinajstić information content (AvgIpc) is 3.20. The van der Waals surface area contributed by atoms with E-state index < -0.39 is 6.03 Å². The van der Waals surface area contributed by atoms with Gasteiger partial charge in [-0.1, -0.05) is 29.3 Å². The molecule has 3 N–H and O–H groups in total. The second-order valence-corrected chi connectivity index (χ2v) is 10.2. The van der Waals surface area contributed by atoms with Gasteiger partial charge in [0.05, 0.1) is 15.6 Å². The van der Waals surface area contributed by atoms with Crippen molar-refractivity contribution in [3.8, 4) is 0 Å². The summed E-state index contributed by atoms with van der Waals surface area (Å²) >= 11 is 13.4. The first-order valence-corrected chi connectivity index (χ1v) is 12.1. The van der Waals surface area contributed by atoms with Crippen molar-refractivity contribution in [3.63, 3.8) is 0 Å². The van der Waals surface area contributed by atoms with Crippen LogP contribution in [-0.2, 0) is 0 Å². The number of hydrogen-bond donors (Lipinski definition) is 3. The highest BCUT2D eigenvalue weighted by Gasteiger charge is 2.35. The van der Waals surface area contributed by atoms with Gasteiger partial charge < -0.3 is 20.9 Å². The fraction of sp³-hybridized carbons (Fsp3) is 0.304. The van der Waals surface area contributed by atoms with Gasteiger partial charge >= 0.3 is 6.03 Å². The molecule has 6 rings (SSSR count). The zero-order valence-electron chi connectivity index (χ0n) is 17.6. The van der Waals surface area contributed by atoms with E-state index in [0.29, 0.717) is 32.2 Å². The van der Waals surface area contributed by atoms with Crippen molar-refractivity contribution in [1.29, 1.82) is 0 Å². The number of nitrogens with zero attached hydrogens (tertiary/aromatic N) is 1. The molecular formula is C23H23Cl3N4O2S. The highest BCUT2D eigenvalue weighted by atomic mass is 35.5. The van der Waals surface area contributed by atoms with Crippen molar-refractivity contribution in [2.75, 3.05) is 30.3 Å². The highest BCUT2D eigenvalue weighted by molar-refractivity contribution is 7.20. The van der Waals surface area contributed by atoms with Crippen molar-refractivity contribution in [3.05, 3.63) is 57.4 Å². The lowest BCUT2D eigenvalue weighted by molar-refractivity contribution is 0.0622. The van der Waals surface area contributed by atoms with Crippen LogP contribution in [-0.4, -0.2) is 42.5 Å². The van der Waals surface area contributed by atoms with Crippen LogP contribution >= 0.6 is 46.9 Å². The lowest BCUT2D eigenvalue weighted by atomic mass is 9.84. The third-order valence-electron chi connectivity index (χ3n) is 6.15. The lowest BCUT2D eigenvalue weighted by Crippen LogP contribution is -2.57. The molecule has 1 aromatic heterocycles. The second kappa shape index (κ2) is 10.1. The molecule has 0 spiro atoms. The molecule has 2 aromatic carbocycles. The Hall–Kier alpha value is -2.03. The largest absolute Gasteiger partial charge is 0.347 e. The van der Waals surface area contributed by atoms with Crippen molar-refractivity contribution < 1.29 is 9.59 Å². The Balaban J connectivity index is 0.00000259. The van der Waals surface area contributed by atoms with Gasteiger partial charge in [-0.3, -0.25) is 4.79 Å². The standard InChI is InChI=1S/C23H22Cl2N4O2S.ClH/c24-15-2-4-18(17(25)10-15)28-23(31)26-16-3-1-14-9-21(32-20(14)11-16)22(30)27-19-12-29-7-5-13(19)6-8-29;/h1-4,9-11,13,19H,5-8,12H2,(H,27,30)(H2,26,28,31);1H/t19-;/m0./s1. The van der Waals surface area contributed by atoms with Crippen molar-refractivity contribution in [2.45, 2.75) is 18.9 Å². The highest BCUT2D eigenvalue weighted by Crippen LogP contribution is 2.31. The van der Waals surface area contributed by atoms with Gasteiger partial charge in [0.15, 0.2) is 0 Å². The predicted molar refractivity (Wildman–Crippen MR) is 139 cm³/mol. The average molecular weight is 526 g/mol. The van der Waals surface area contributed by atoms with Gasteiger partial charge in [-0.05, 0) is 73.6 Å². The molecule has 2 bridgehead atoms. The number of hydrogen-bond acceptors (Lipinski definition) is 4. The summed E-state index contributed by atoms with van der Waals surface area (Å²) in [5, 5.41) is 10.6. The number of carbonyl (C=O) groups is 2. The van der Waals surface area contributed by atoms with E-state index in [-0.39, 0.29) is 24.4 Å². The minimum atomic E-state index is -0.412. The van der Waals surface area contributed by atoms with E-state index in [4.69, 9.17) is 23.2 Å².